The molecule has 0 amide bonds. The standard InChI is InChI=1S/C32H38F6N6O3/c33-31(34,35)27-12-21(13-28(16-27)32(36,37)38)18-43(30-40-42-44(41-30)10-11-45)19-26-15-24-3-1-2-23(24)14-25(26)8-9-39-17-20-4-6-22(7-5-20)29(46)47/h12-16,20,22,39,45H,1-11,17-19H2,(H,46,47). The van der Waals surface area contributed by atoms with E-state index >= 15 is 0 Å². The number of aliphatic carboxylic acids is 1. The van der Waals surface area contributed by atoms with Gasteiger partial charge in [0.05, 0.1) is 30.2 Å². The van der Waals surface area contributed by atoms with Gasteiger partial charge < -0.3 is 20.4 Å². The van der Waals surface area contributed by atoms with E-state index in [0.29, 0.717) is 43.9 Å². The molecule has 1 saturated carbocycles. The summed E-state index contributed by atoms with van der Waals surface area (Å²) in [6.07, 6.45) is -3.54. The SMILES string of the molecule is O=C(O)C1CCC(CNCCc2cc3c(cc2CN(Cc2cc(C(F)(F)F)cc(C(F)(F)F)c2)c2nnn(CCO)n2)CCC3)CC1. The summed E-state index contributed by atoms with van der Waals surface area (Å²) in [6.45, 7) is 0.860. The monoisotopic (exact) mass is 668 g/mol. The quantitative estimate of drug-likeness (QED) is 0.163. The minimum atomic E-state index is -4.99. The molecule has 0 aliphatic heterocycles. The number of aliphatic hydroxyl groups excluding tert-OH is 1. The Morgan fingerprint density at radius 3 is 2.15 bits per heavy atom. The Morgan fingerprint density at radius 2 is 1.55 bits per heavy atom. The van der Waals surface area contributed by atoms with E-state index in [4.69, 9.17) is 0 Å². The maximum absolute atomic E-state index is 13.7. The lowest BCUT2D eigenvalue weighted by Crippen LogP contribution is -2.30. The van der Waals surface area contributed by atoms with Crippen LogP contribution < -0.4 is 10.2 Å². The molecule has 2 aliphatic carbocycles. The maximum Gasteiger partial charge on any atom is 0.416 e. The zero-order chi connectivity index (χ0) is 33.8. The highest BCUT2D eigenvalue weighted by Crippen LogP contribution is 2.37. The molecular formula is C32H38F6N6O3. The second kappa shape index (κ2) is 14.6. The molecule has 1 aromatic heterocycles. The van der Waals surface area contributed by atoms with Crippen LogP contribution in [0.5, 0.6) is 0 Å². The van der Waals surface area contributed by atoms with Gasteiger partial charge in [-0.1, -0.05) is 17.2 Å². The third-order valence-electron chi connectivity index (χ3n) is 9.02. The highest BCUT2D eigenvalue weighted by molar-refractivity contribution is 5.70. The van der Waals surface area contributed by atoms with Gasteiger partial charge in [0.25, 0.3) is 5.95 Å². The van der Waals surface area contributed by atoms with Crippen molar-refractivity contribution in [1.29, 1.82) is 0 Å². The smallest absolute Gasteiger partial charge is 0.416 e. The van der Waals surface area contributed by atoms with Crippen LogP contribution in [0.1, 0.15) is 71.0 Å². The number of alkyl halides is 6. The van der Waals surface area contributed by atoms with Crippen molar-refractivity contribution in [3.8, 4) is 0 Å². The summed E-state index contributed by atoms with van der Waals surface area (Å²) in [5.74, 6) is -0.623. The Bertz CT molecular complexity index is 1500. The van der Waals surface area contributed by atoms with Crippen LogP contribution in [0.15, 0.2) is 30.3 Å². The first-order valence-electron chi connectivity index (χ1n) is 15.8. The number of fused-ring (bicyclic) bond motifs is 1. The molecule has 47 heavy (non-hydrogen) atoms. The Morgan fingerprint density at radius 1 is 0.915 bits per heavy atom. The van der Waals surface area contributed by atoms with Gasteiger partial charge in [-0.3, -0.25) is 4.79 Å². The number of rotatable bonds is 13. The summed E-state index contributed by atoms with van der Waals surface area (Å²) in [6, 6.07) is 5.71. The normalized spacial score (nSPS) is 18.4. The van der Waals surface area contributed by atoms with Crippen molar-refractivity contribution in [3.63, 3.8) is 0 Å². The van der Waals surface area contributed by atoms with Crippen LogP contribution in [-0.4, -0.2) is 56.1 Å². The molecule has 256 valence electrons. The Kier molecular flexibility index (Phi) is 10.7. The number of nitrogens with one attached hydrogen (secondary N) is 1. The van der Waals surface area contributed by atoms with E-state index in [9.17, 15) is 41.4 Å². The van der Waals surface area contributed by atoms with Crippen molar-refractivity contribution in [2.45, 2.75) is 83.4 Å². The lowest BCUT2D eigenvalue weighted by atomic mass is 9.82. The van der Waals surface area contributed by atoms with Crippen LogP contribution in [0.4, 0.5) is 32.3 Å². The Balaban J connectivity index is 1.39. The summed E-state index contributed by atoms with van der Waals surface area (Å²) < 4.78 is 81.9. The lowest BCUT2D eigenvalue weighted by Gasteiger charge is -2.26. The van der Waals surface area contributed by atoms with E-state index in [1.165, 1.54) is 10.5 Å². The van der Waals surface area contributed by atoms with E-state index in [-0.39, 0.29) is 49.7 Å². The fourth-order valence-corrected chi connectivity index (χ4v) is 6.53. The molecule has 2 aromatic carbocycles. The van der Waals surface area contributed by atoms with Gasteiger partial charge in [-0.2, -0.15) is 31.1 Å². The van der Waals surface area contributed by atoms with Crippen molar-refractivity contribution >= 4 is 11.9 Å². The number of tetrazole rings is 1. The summed E-state index contributed by atoms with van der Waals surface area (Å²) in [7, 11) is 0. The molecule has 0 bridgehead atoms. The first kappa shape index (κ1) is 34.6. The topological polar surface area (TPSA) is 116 Å². The molecule has 9 nitrogen and oxygen atoms in total. The molecule has 1 fully saturated rings. The third kappa shape index (κ3) is 9.01. The summed E-state index contributed by atoms with van der Waals surface area (Å²) in [4.78, 5) is 13.9. The molecule has 0 saturated heterocycles. The number of carboxylic acid groups (broad SMARTS) is 1. The number of nitrogens with zero attached hydrogens (tertiary/aromatic N) is 5. The fourth-order valence-electron chi connectivity index (χ4n) is 6.53. The number of aryl methyl sites for hydroxylation is 2. The van der Waals surface area contributed by atoms with Gasteiger partial charge in [0.1, 0.15) is 0 Å². The molecule has 0 radical (unpaired) electrons. The number of aromatic nitrogens is 4. The third-order valence-corrected chi connectivity index (χ3v) is 9.02. The summed E-state index contributed by atoms with van der Waals surface area (Å²) in [5, 5.41) is 34.2. The second-order valence-electron chi connectivity index (χ2n) is 12.4. The van der Waals surface area contributed by atoms with Crippen LogP contribution >= 0.6 is 0 Å². The van der Waals surface area contributed by atoms with Gasteiger partial charge in [0.2, 0.25) is 0 Å². The molecule has 2 aliphatic rings. The number of hydrogen-bond donors (Lipinski definition) is 3. The zero-order valence-electron chi connectivity index (χ0n) is 25.7. The number of carbonyl (C=O) groups is 1. The van der Waals surface area contributed by atoms with Crippen molar-refractivity contribution in [1.82, 2.24) is 25.5 Å². The zero-order valence-corrected chi connectivity index (χ0v) is 25.7. The van der Waals surface area contributed by atoms with Crippen LogP contribution in [0.2, 0.25) is 0 Å². The van der Waals surface area contributed by atoms with Crippen molar-refractivity contribution < 1.29 is 41.4 Å². The molecule has 1 heterocycles. The first-order chi connectivity index (χ1) is 22.3. The van der Waals surface area contributed by atoms with Gasteiger partial charge in [-0.05, 0) is 122 Å². The average Bonchev–Trinajstić information content (AvgIpc) is 3.68. The molecule has 3 aromatic rings. The molecule has 0 atom stereocenters. The number of anilines is 1. The number of aliphatic hydroxyl groups is 1. The maximum atomic E-state index is 13.7. The molecule has 0 unspecified atom stereocenters. The van der Waals surface area contributed by atoms with Gasteiger partial charge in [0, 0.05) is 13.1 Å². The fraction of sp³-hybridized carbons (Fsp3) is 0.562. The van der Waals surface area contributed by atoms with Crippen molar-refractivity contribution in [3.05, 3.63) is 69.3 Å². The van der Waals surface area contributed by atoms with Gasteiger partial charge in [0.15, 0.2) is 0 Å². The van der Waals surface area contributed by atoms with Gasteiger partial charge in [-0.25, -0.2) is 0 Å². The number of halogens is 6. The van der Waals surface area contributed by atoms with Crippen molar-refractivity contribution in [2.24, 2.45) is 11.8 Å². The second-order valence-corrected chi connectivity index (χ2v) is 12.4. The number of benzene rings is 2. The molecule has 5 rings (SSSR count). The number of hydrogen-bond acceptors (Lipinski definition) is 7. The van der Waals surface area contributed by atoms with Crippen LogP contribution in [-0.2, 0) is 56.0 Å². The first-order valence-corrected chi connectivity index (χ1v) is 15.8. The largest absolute Gasteiger partial charge is 0.481 e. The van der Waals surface area contributed by atoms with E-state index < -0.39 is 29.4 Å². The predicted molar refractivity (Wildman–Crippen MR) is 159 cm³/mol. The lowest BCUT2D eigenvalue weighted by molar-refractivity contribution is -0.144. The van der Waals surface area contributed by atoms with Gasteiger partial charge >= 0.3 is 18.3 Å². The molecular weight excluding hydrogens is 630 g/mol. The number of carboxylic acids is 1. The van der Waals surface area contributed by atoms with E-state index in [2.05, 4.69) is 32.9 Å². The molecule has 15 heteroatoms. The molecule has 0 spiro atoms. The summed E-state index contributed by atoms with van der Waals surface area (Å²) >= 11 is 0. The van der Waals surface area contributed by atoms with E-state index in [1.54, 1.807) is 0 Å². The van der Waals surface area contributed by atoms with Crippen LogP contribution in [0, 0.1) is 11.8 Å². The van der Waals surface area contributed by atoms with Gasteiger partial charge in [-0.15, -0.1) is 5.10 Å². The highest BCUT2D eigenvalue weighted by Gasteiger charge is 2.37. The predicted octanol–water partition coefficient (Wildman–Crippen LogP) is 5.42. The van der Waals surface area contributed by atoms with Crippen molar-refractivity contribution in [2.75, 3.05) is 24.6 Å². The minimum absolute atomic E-state index is 0.00552. The Hall–Kier alpha value is -3.72. The summed E-state index contributed by atoms with van der Waals surface area (Å²) in [5.41, 5.74) is 1.22. The highest BCUT2D eigenvalue weighted by atomic mass is 19.4. The Labute approximate surface area is 268 Å². The minimum Gasteiger partial charge on any atom is -0.481 e. The van der Waals surface area contributed by atoms with Crippen LogP contribution in [0.25, 0.3) is 0 Å². The molecule has 3 N–H and O–H groups in total. The average molecular weight is 669 g/mol. The van der Waals surface area contributed by atoms with Crippen LogP contribution in [0.3, 0.4) is 0 Å². The van der Waals surface area contributed by atoms with E-state index in [1.807, 2.05) is 0 Å². The van der Waals surface area contributed by atoms with E-state index in [0.717, 1.165) is 60.1 Å².